The van der Waals surface area contributed by atoms with Gasteiger partial charge in [-0.2, -0.15) is 4.39 Å². The van der Waals surface area contributed by atoms with Gasteiger partial charge in [0.1, 0.15) is 11.4 Å². The molecule has 0 unspecified atom stereocenters. The van der Waals surface area contributed by atoms with Gasteiger partial charge in [0.2, 0.25) is 5.95 Å². The predicted molar refractivity (Wildman–Crippen MR) is 43.7 cm³/mol. The Labute approximate surface area is 91.2 Å². The van der Waals surface area contributed by atoms with Crippen LogP contribution < -0.4 is 10.5 Å². The van der Waals surface area contributed by atoms with Gasteiger partial charge in [-0.25, -0.2) is 13.8 Å². The minimum Gasteiger partial charge on any atom is -0.405 e. The normalized spacial score (nSPS) is 12.0. The fraction of sp³-hybridized carbons (Fsp3) is 0.375. The fourth-order valence-electron chi connectivity index (χ4n) is 1.14. The van der Waals surface area contributed by atoms with Crippen LogP contribution in [-0.2, 0) is 6.54 Å². The lowest BCUT2D eigenvalue weighted by atomic mass is 10.1. The Bertz CT molecular complexity index is 406. The van der Waals surface area contributed by atoms with Gasteiger partial charge in [-0.05, 0) is 0 Å². The van der Waals surface area contributed by atoms with Crippen molar-refractivity contribution in [1.82, 2.24) is 4.98 Å². The number of ether oxygens (including phenoxy) is 1. The quantitative estimate of drug-likeness (QED) is 0.671. The van der Waals surface area contributed by atoms with Crippen LogP contribution in [0.25, 0.3) is 0 Å². The molecule has 1 aromatic heterocycles. The van der Waals surface area contributed by atoms with E-state index in [-0.39, 0.29) is 6.07 Å². The largest absolute Gasteiger partial charge is 0.573 e. The molecule has 0 fully saturated rings. The first-order valence-corrected chi connectivity index (χ1v) is 4.18. The summed E-state index contributed by atoms with van der Waals surface area (Å²) in [4.78, 5) is 2.79. The maximum absolute atomic E-state index is 12.7. The van der Waals surface area contributed by atoms with Crippen LogP contribution in [-0.4, -0.2) is 11.3 Å². The first-order valence-electron chi connectivity index (χ1n) is 4.18. The number of nitrogens with two attached hydrogens (primary N) is 1. The molecule has 17 heavy (non-hydrogen) atoms. The highest BCUT2D eigenvalue weighted by Crippen LogP contribution is 2.32. The zero-order valence-corrected chi connectivity index (χ0v) is 8.06. The molecule has 0 saturated heterocycles. The third-order valence-electron chi connectivity index (χ3n) is 1.72. The average molecular weight is 260 g/mol. The van der Waals surface area contributed by atoms with Crippen LogP contribution in [0.2, 0.25) is 0 Å². The van der Waals surface area contributed by atoms with Crippen LogP contribution in [0, 0.1) is 5.95 Å². The van der Waals surface area contributed by atoms with Crippen molar-refractivity contribution in [1.29, 1.82) is 0 Å². The topological polar surface area (TPSA) is 48.1 Å². The van der Waals surface area contributed by atoms with Gasteiger partial charge in [0.15, 0.2) is 0 Å². The molecule has 3 nitrogen and oxygen atoms in total. The summed E-state index contributed by atoms with van der Waals surface area (Å²) in [7, 11) is 0. The minimum absolute atomic E-state index is 0.252. The maximum Gasteiger partial charge on any atom is 0.573 e. The highest BCUT2D eigenvalue weighted by Gasteiger charge is 2.33. The predicted octanol–water partition coefficient (Wildman–Crippen LogP) is 2.52. The van der Waals surface area contributed by atoms with E-state index in [4.69, 9.17) is 5.73 Å². The molecule has 0 saturated carbocycles. The van der Waals surface area contributed by atoms with E-state index >= 15 is 0 Å². The Hall–Kier alpha value is -1.51. The second-order valence-corrected chi connectivity index (χ2v) is 2.86. The monoisotopic (exact) mass is 260 g/mol. The number of pyridine rings is 1. The van der Waals surface area contributed by atoms with Crippen LogP contribution in [0.5, 0.6) is 5.75 Å². The van der Waals surface area contributed by atoms with Crippen LogP contribution >= 0.6 is 0 Å². The summed E-state index contributed by atoms with van der Waals surface area (Å²) in [6, 6.07) is 0.252. The fourth-order valence-corrected chi connectivity index (χ4v) is 1.14. The second kappa shape index (κ2) is 4.78. The summed E-state index contributed by atoms with van der Waals surface area (Å²) < 4.78 is 76.7. The van der Waals surface area contributed by atoms with Gasteiger partial charge in [0.05, 0.1) is 0 Å². The van der Waals surface area contributed by atoms with Crippen molar-refractivity contribution in [2.24, 2.45) is 5.73 Å². The number of alkyl halides is 5. The summed E-state index contributed by atoms with van der Waals surface area (Å²) in [5.74, 6) is -2.61. The van der Waals surface area contributed by atoms with Crippen molar-refractivity contribution in [2.75, 3.05) is 0 Å². The molecule has 1 heterocycles. The molecule has 0 aliphatic rings. The Kier molecular flexibility index (Phi) is 3.81. The molecule has 1 rings (SSSR count). The van der Waals surface area contributed by atoms with E-state index in [1.807, 2.05) is 0 Å². The highest BCUT2D eigenvalue weighted by molar-refractivity contribution is 5.37. The molecule has 0 amide bonds. The summed E-state index contributed by atoms with van der Waals surface area (Å²) in [6.07, 6.45) is -8.38. The van der Waals surface area contributed by atoms with E-state index < -0.39 is 42.3 Å². The van der Waals surface area contributed by atoms with Crippen molar-refractivity contribution in [2.45, 2.75) is 19.3 Å². The number of nitrogens with zero attached hydrogens (tertiary/aromatic N) is 1. The molecule has 96 valence electrons. The average Bonchev–Trinajstić information content (AvgIpc) is 2.14. The van der Waals surface area contributed by atoms with Crippen molar-refractivity contribution in [3.8, 4) is 5.75 Å². The van der Waals surface area contributed by atoms with Gasteiger partial charge < -0.3 is 10.5 Å². The number of halogens is 6. The van der Waals surface area contributed by atoms with Crippen LogP contribution in [0.1, 0.15) is 17.7 Å². The molecule has 0 aromatic carbocycles. The first kappa shape index (κ1) is 13.6. The Morgan fingerprint density at radius 3 is 2.35 bits per heavy atom. The molecule has 0 spiro atoms. The number of hydrogen-bond donors (Lipinski definition) is 1. The van der Waals surface area contributed by atoms with Gasteiger partial charge in [-0.15, -0.1) is 13.2 Å². The van der Waals surface area contributed by atoms with Crippen LogP contribution in [0.3, 0.4) is 0 Å². The summed E-state index contributed by atoms with van der Waals surface area (Å²) in [5, 5.41) is 0. The van der Waals surface area contributed by atoms with Crippen molar-refractivity contribution < 1.29 is 31.1 Å². The summed E-state index contributed by atoms with van der Waals surface area (Å²) in [6.45, 7) is -0.682. The molecule has 0 atom stereocenters. The van der Waals surface area contributed by atoms with Crippen LogP contribution in [0.15, 0.2) is 6.07 Å². The lowest BCUT2D eigenvalue weighted by Crippen LogP contribution is -2.20. The molecule has 0 radical (unpaired) electrons. The van der Waals surface area contributed by atoms with Crippen molar-refractivity contribution in [3.63, 3.8) is 0 Å². The molecule has 0 bridgehead atoms. The number of aromatic nitrogens is 1. The van der Waals surface area contributed by atoms with Gasteiger partial charge in [-0.1, -0.05) is 0 Å². The van der Waals surface area contributed by atoms with Gasteiger partial charge in [0.25, 0.3) is 6.43 Å². The Morgan fingerprint density at radius 1 is 1.35 bits per heavy atom. The molecule has 9 heteroatoms. The molecular formula is C8H6F6N2O. The first-order chi connectivity index (χ1) is 7.74. The molecule has 0 aliphatic carbocycles. The van der Waals surface area contributed by atoms with E-state index in [0.29, 0.717) is 0 Å². The molecule has 2 N–H and O–H groups in total. The molecular weight excluding hydrogens is 254 g/mol. The van der Waals surface area contributed by atoms with E-state index in [9.17, 15) is 26.3 Å². The molecule has 0 aliphatic heterocycles. The van der Waals surface area contributed by atoms with Gasteiger partial charge >= 0.3 is 6.36 Å². The maximum atomic E-state index is 12.7. The van der Waals surface area contributed by atoms with E-state index in [1.54, 1.807) is 0 Å². The number of rotatable bonds is 3. The zero-order valence-electron chi connectivity index (χ0n) is 8.06. The van der Waals surface area contributed by atoms with Gasteiger partial charge in [0, 0.05) is 18.2 Å². The minimum atomic E-state index is -5.13. The van der Waals surface area contributed by atoms with E-state index in [1.165, 1.54) is 0 Å². The second-order valence-electron chi connectivity index (χ2n) is 2.86. The van der Waals surface area contributed by atoms with E-state index in [0.717, 1.165) is 0 Å². The third-order valence-corrected chi connectivity index (χ3v) is 1.72. The van der Waals surface area contributed by atoms with E-state index in [2.05, 4.69) is 9.72 Å². The SMILES string of the molecule is NCc1c(OC(F)(F)F)cc(F)nc1C(F)F. The van der Waals surface area contributed by atoms with Crippen LogP contribution in [0.4, 0.5) is 26.3 Å². The van der Waals surface area contributed by atoms with Crippen molar-refractivity contribution in [3.05, 3.63) is 23.3 Å². The summed E-state index contributed by atoms with van der Waals surface area (Å²) in [5.41, 5.74) is 3.17. The Balaban J connectivity index is 3.28. The summed E-state index contributed by atoms with van der Waals surface area (Å²) >= 11 is 0. The third kappa shape index (κ3) is 3.48. The number of hydrogen-bond acceptors (Lipinski definition) is 3. The Morgan fingerprint density at radius 2 is 1.94 bits per heavy atom. The highest BCUT2D eigenvalue weighted by atomic mass is 19.4. The van der Waals surface area contributed by atoms with Crippen molar-refractivity contribution >= 4 is 0 Å². The lowest BCUT2D eigenvalue weighted by Gasteiger charge is -2.14. The molecule has 1 aromatic rings. The lowest BCUT2D eigenvalue weighted by molar-refractivity contribution is -0.275. The standard InChI is InChI=1S/C8H6F6N2O/c9-5-1-4(17-8(12,13)14)3(2-15)6(16-5)7(10)11/h1,7H,2,15H2. The smallest absolute Gasteiger partial charge is 0.405 e. The zero-order chi connectivity index (χ0) is 13.2. The van der Waals surface area contributed by atoms with Gasteiger partial charge in [-0.3, -0.25) is 0 Å².